The fraction of sp³-hybridized carbons (Fsp3) is 0.800. The van der Waals surface area contributed by atoms with Gasteiger partial charge in [-0.2, -0.15) is 0 Å². The summed E-state index contributed by atoms with van der Waals surface area (Å²) in [6, 6.07) is 0. The standard InChI is InChI=1S/C5H9FO2/c1-4(6)3-5(7)8-2/h4H,3H2,1-2H3/t4-/m0/s1. The van der Waals surface area contributed by atoms with E-state index >= 15 is 0 Å². The Morgan fingerprint density at radius 3 is 2.50 bits per heavy atom. The van der Waals surface area contributed by atoms with Crippen LogP contribution in [-0.2, 0) is 9.53 Å². The molecule has 0 N–H and O–H groups in total. The van der Waals surface area contributed by atoms with Crippen molar-refractivity contribution in [1.29, 1.82) is 0 Å². The molecule has 0 amide bonds. The van der Waals surface area contributed by atoms with Crippen molar-refractivity contribution in [3.63, 3.8) is 0 Å². The molecule has 1 atom stereocenters. The molecule has 0 aliphatic heterocycles. The lowest BCUT2D eigenvalue weighted by molar-refractivity contribution is -0.141. The largest absolute Gasteiger partial charge is 0.469 e. The van der Waals surface area contributed by atoms with Crippen LogP contribution in [0.5, 0.6) is 0 Å². The van der Waals surface area contributed by atoms with Crippen LogP contribution < -0.4 is 0 Å². The van der Waals surface area contributed by atoms with E-state index in [0.717, 1.165) is 0 Å². The zero-order chi connectivity index (χ0) is 6.57. The monoisotopic (exact) mass is 120 g/mol. The predicted octanol–water partition coefficient (Wildman–Crippen LogP) is 0.907. The van der Waals surface area contributed by atoms with Crippen LogP contribution in [0.15, 0.2) is 0 Å². The van der Waals surface area contributed by atoms with Crippen molar-refractivity contribution in [2.45, 2.75) is 19.5 Å². The molecule has 0 aliphatic rings. The molecule has 0 aliphatic carbocycles. The van der Waals surface area contributed by atoms with Crippen LogP contribution in [0.1, 0.15) is 13.3 Å². The summed E-state index contributed by atoms with van der Waals surface area (Å²) >= 11 is 0. The molecule has 3 heteroatoms. The lowest BCUT2D eigenvalue weighted by Gasteiger charge is -1.96. The second-order valence-electron chi connectivity index (χ2n) is 1.56. The highest BCUT2D eigenvalue weighted by molar-refractivity contribution is 5.69. The highest BCUT2D eigenvalue weighted by Crippen LogP contribution is 1.95. The molecule has 0 spiro atoms. The first-order valence-corrected chi connectivity index (χ1v) is 2.37. The number of halogens is 1. The number of hydrogen-bond acceptors (Lipinski definition) is 2. The van der Waals surface area contributed by atoms with E-state index in [-0.39, 0.29) is 6.42 Å². The van der Waals surface area contributed by atoms with Gasteiger partial charge in [0.15, 0.2) is 0 Å². The smallest absolute Gasteiger partial charge is 0.308 e. The molecule has 0 fully saturated rings. The number of carbonyl (C=O) groups excluding carboxylic acids is 1. The topological polar surface area (TPSA) is 26.3 Å². The third kappa shape index (κ3) is 3.59. The molecule has 0 rings (SSSR count). The summed E-state index contributed by atoms with van der Waals surface area (Å²) in [5, 5.41) is 0. The zero-order valence-corrected chi connectivity index (χ0v) is 4.98. The minimum absolute atomic E-state index is 0.142. The number of ether oxygens (including phenoxy) is 1. The summed E-state index contributed by atoms with van der Waals surface area (Å²) in [4.78, 5) is 10.2. The SMILES string of the molecule is COC(=O)C[C@H](C)F. The summed E-state index contributed by atoms with van der Waals surface area (Å²) < 4.78 is 16.0. The van der Waals surface area contributed by atoms with Gasteiger partial charge in [-0.05, 0) is 6.92 Å². The average molecular weight is 120 g/mol. The summed E-state index contributed by atoms with van der Waals surface area (Å²) in [5.74, 6) is -0.500. The van der Waals surface area contributed by atoms with Gasteiger partial charge in [-0.3, -0.25) is 4.79 Å². The van der Waals surface area contributed by atoms with Crippen molar-refractivity contribution in [3.8, 4) is 0 Å². The average Bonchev–Trinajstić information content (AvgIpc) is 1.65. The molecule has 0 bridgehead atoms. The molecular formula is C5H9FO2. The van der Waals surface area contributed by atoms with E-state index in [1.807, 2.05) is 0 Å². The van der Waals surface area contributed by atoms with Crippen molar-refractivity contribution in [2.24, 2.45) is 0 Å². The molecular weight excluding hydrogens is 111 g/mol. The summed E-state index contributed by atoms with van der Waals surface area (Å²) in [6.07, 6.45) is -1.24. The first-order valence-electron chi connectivity index (χ1n) is 2.37. The Balaban J connectivity index is 3.25. The molecule has 0 saturated carbocycles. The van der Waals surface area contributed by atoms with E-state index in [9.17, 15) is 9.18 Å². The Kier molecular flexibility index (Phi) is 3.15. The number of alkyl halides is 1. The molecule has 0 saturated heterocycles. The van der Waals surface area contributed by atoms with E-state index in [4.69, 9.17) is 0 Å². The van der Waals surface area contributed by atoms with Crippen LogP contribution in [0.3, 0.4) is 0 Å². The van der Waals surface area contributed by atoms with Crippen molar-refractivity contribution >= 4 is 5.97 Å². The molecule has 0 radical (unpaired) electrons. The van der Waals surface area contributed by atoms with Gasteiger partial charge >= 0.3 is 5.97 Å². The van der Waals surface area contributed by atoms with E-state index in [1.54, 1.807) is 0 Å². The van der Waals surface area contributed by atoms with Crippen molar-refractivity contribution in [3.05, 3.63) is 0 Å². The van der Waals surface area contributed by atoms with Crippen LogP contribution in [0.4, 0.5) is 4.39 Å². The Bertz CT molecular complexity index is 80.5. The third-order valence-electron chi connectivity index (χ3n) is 0.676. The van der Waals surface area contributed by atoms with Crippen molar-refractivity contribution < 1.29 is 13.9 Å². The number of rotatable bonds is 2. The van der Waals surface area contributed by atoms with Gasteiger partial charge < -0.3 is 4.74 Å². The van der Waals surface area contributed by atoms with Gasteiger partial charge in [0.25, 0.3) is 0 Å². The number of esters is 1. The third-order valence-corrected chi connectivity index (χ3v) is 0.676. The van der Waals surface area contributed by atoms with Crippen LogP contribution in [0.25, 0.3) is 0 Å². The lowest BCUT2D eigenvalue weighted by atomic mass is 10.3. The maximum Gasteiger partial charge on any atom is 0.308 e. The Morgan fingerprint density at radius 1 is 1.88 bits per heavy atom. The second kappa shape index (κ2) is 3.41. The van der Waals surface area contributed by atoms with Gasteiger partial charge in [0.2, 0.25) is 0 Å². The van der Waals surface area contributed by atoms with Crippen molar-refractivity contribution in [2.75, 3.05) is 7.11 Å². The number of methoxy groups -OCH3 is 1. The second-order valence-corrected chi connectivity index (χ2v) is 1.56. The van der Waals surface area contributed by atoms with Crippen LogP contribution in [-0.4, -0.2) is 19.3 Å². The molecule has 0 unspecified atom stereocenters. The molecule has 8 heavy (non-hydrogen) atoms. The van der Waals surface area contributed by atoms with Gasteiger partial charge in [-0.15, -0.1) is 0 Å². The van der Waals surface area contributed by atoms with Gasteiger partial charge in [0.05, 0.1) is 13.5 Å². The van der Waals surface area contributed by atoms with E-state index in [2.05, 4.69) is 4.74 Å². The summed E-state index contributed by atoms with van der Waals surface area (Å²) in [7, 11) is 1.24. The predicted molar refractivity (Wildman–Crippen MR) is 27.2 cm³/mol. The van der Waals surface area contributed by atoms with E-state index in [1.165, 1.54) is 14.0 Å². The van der Waals surface area contributed by atoms with E-state index in [0.29, 0.717) is 0 Å². The zero-order valence-electron chi connectivity index (χ0n) is 4.98. The Labute approximate surface area is 47.6 Å². The van der Waals surface area contributed by atoms with E-state index < -0.39 is 12.1 Å². The minimum Gasteiger partial charge on any atom is -0.469 e. The number of carbonyl (C=O) groups is 1. The Morgan fingerprint density at radius 2 is 2.38 bits per heavy atom. The summed E-state index contributed by atoms with van der Waals surface area (Å²) in [6.45, 7) is 1.32. The van der Waals surface area contributed by atoms with Gasteiger partial charge in [0.1, 0.15) is 6.17 Å². The van der Waals surface area contributed by atoms with Crippen LogP contribution >= 0.6 is 0 Å². The van der Waals surface area contributed by atoms with Gasteiger partial charge in [0, 0.05) is 0 Å². The van der Waals surface area contributed by atoms with Gasteiger partial charge in [-0.25, -0.2) is 4.39 Å². The molecule has 0 heterocycles. The van der Waals surface area contributed by atoms with Gasteiger partial charge in [-0.1, -0.05) is 0 Å². The first-order chi connectivity index (χ1) is 3.66. The maximum atomic E-state index is 11.8. The van der Waals surface area contributed by atoms with Crippen LogP contribution in [0, 0.1) is 0 Å². The molecule has 0 aromatic carbocycles. The minimum atomic E-state index is -1.09. The highest BCUT2D eigenvalue weighted by Gasteiger charge is 2.05. The molecule has 0 aromatic heterocycles. The normalized spacial score (nSPS) is 12.9. The fourth-order valence-electron chi connectivity index (χ4n) is 0.313. The fourth-order valence-corrected chi connectivity index (χ4v) is 0.313. The quantitative estimate of drug-likeness (QED) is 0.506. The first kappa shape index (κ1) is 7.40. The maximum absolute atomic E-state index is 11.8. The molecule has 2 nitrogen and oxygen atoms in total. The Hall–Kier alpha value is -0.600. The lowest BCUT2D eigenvalue weighted by Crippen LogP contribution is -2.06. The van der Waals surface area contributed by atoms with Crippen LogP contribution in [0.2, 0.25) is 0 Å². The molecule has 0 aromatic rings. The highest BCUT2D eigenvalue weighted by atomic mass is 19.1. The van der Waals surface area contributed by atoms with Crippen molar-refractivity contribution in [1.82, 2.24) is 0 Å². The summed E-state index contributed by atoms with van der Waals surface area (Å²) in [5.41, 5.74) is 0. The number of hydrogen-bond donors (Lipinski definition) is 0. The molecule has 48 valence electrons.